The van der Waals surface area contributed by atoms with Crippen molar-refractivity contribution in [3.8, 4) is 5.75 Å². The first-order valence-electron chi connectivity index (χ1n) is 4.22. The molecule has 0 aromatic heterocycles. The number of hydrogen-bond acceptors (Lipinski definition) is 2. The van der Waals surface area contributed by atoms with Gasteiger partial charge in [-0.2, -0.15) is 0 Å². The molecule has 1 aromatic rings. The summed E-state index contributed by atoms with van der Waals surface area (Å²) < 4.78 is 17.9. The fourth-order valence-electron chi connectivity index (χ4n) is 0.952. The van der Waals surface area contributed by atoms with Gasteiger partial charge in [0.25, 0.3) is 0 Å². The maximum absolute atomic E-state index is 12.8. The van der Waals surface area contributed by atoms with E-state index in [1.54, 1.807) is 24.3 Å². The van der Waals surface area contributed by atoms with Crippen molar-refractivity contribution in [3.63, 3.8) is 0 Å². The Kier molecular flexibility index (Phi) is 3.91. The zero-order chi connectivity index (χ0) is 10.4. The van der Waals surface area contributed by atoms with Crippen molar-refractivity contribution in [2.24, 2.45) is 0 Å². The normalized spacial score (nSPS) is 12.1. The van der Waals surface area contributed by atoms with Crippen LogP contribution in [0.3, 0.4) is 0 Å². The summed E-state index contributed by atoms with van der Waals surface area (Å²) in [6.07, 6.45) is -1.99. The number of aliphatic carboxylic acids is 1. The second-order valence-electron chi connectivity index (χ2n) is 2.82. The van der Waals surface area contributed by atoms with Gasteiger partial charge < -0.3 is 9.84 Å². The predicted octanol–water partition coefficient (Wildman–Crippen LogP) is 1.88. The number of benzene rings is 1. The lowest BCUT2D eigenvalue weighted by Gasteiger charge is -2.07. The van der Waals surface area contributed by atoms with Gasteiger partial charge in [0.05, 0.1) is 6.42 Å². The van der Waals surface area contributed by atoms with Gasteiger partial charge in [0.2, 0.25) is 0 Å². The van der Waals surface area contributed by atoms with E-state index in [9.17, 15) is 9.18 Å². The SMILES string of the molecule is O=C(O)CC(F)COc1ccccc1. The van der Waals surface area contributed by atoms with Crippen molar-refractivity contribution in [2.75, 3.05) is 6.61 Å². The van der Waals surface area contributed by atoms with E-state index < -0.39 is 18.6 Å². The number of halogens is 1. The second kappa shape index (κ2) is 5.21. The van der Waals surface area contributed by atoms with E-state index in [0.717, 1.165) is 0 Å². The first-order chi connectivity index (χ1) is 6.68. The Morgan fingerprint density at radius 1 is 1.43 bits per heavy atom. The molecular formula is C10H11FO3. The predicted molar refractivity (Wildman–Crippen MR) is 49.1 cm³/mol. The summed E-state index contributed by atoms with van der Waals surface area (Å²) in [5.41, 5.74) is 0. The van der Waals surface area contributed by atoms with Gasteiger partial charge in [-0.25, -0.2) is 4.39 Å². The summed E-state index contributed by atoms with van der Waals surface area (Å²) in [5, 5.41) is 8.29. The third-order valence-electron chi connectivity index (χ3n) is 1.57. The van der Waals surface area contributed by atoms with E-state index in [1.807, 2.05) is 6.07 Å². The zero-order valence-corrected chi connectivity index (χ0v) is 7.52. The van der Waals surface area contributed by atoms with Gasteiger partial charge in [-0.1, -0.05) is 18.2 Å². The highest BCUT2D eigenvalue weighted by atomic mass is 19.1. The molecule has 0 saturated carbocycles. The molecule has 1 atom stereocenters. The van der Waals surface area contributed by atoms with Crippen molar-refractivity contribution < 1.29 is 19.0 Å². The van der Waals surface area contributed by atoms with E-state index in [-0.39, 0.29) is 6.61 Å². The third-order valence-corrected chi connectivity index (χ3v) is 1.57. The van der Waals surface area contributed by atoms with E-state index in [0.29, 0.717) is 5.75 Å². The minimum absolute atomic E-state index is 0.226. The molecule has 0 heterocycles. The van der Waals surface area contributed by atoms with Crippen LogP contribution in [0, 0.1) is 0 Å². The molecule has 1 rings (SSSR count). The van der Waals surface area contributed by atoms with Crippen LogP contribution in [0.4, 0.5) is 4.39 Å². The van der Waals surface area contributed by atoms with Gasteiger partial charge in [0.1, 0.15) is 18.5 Å². The Hall–Kier alpha value is -1.58. The van der Waals surface area contributed by atoms with Crippen molar-refractivity contribution in [1.29, 1.82) is 0 Å². The summed E-state index contributed by atoms with van der Waals surface area (Å²) in [5.74, 6) is -0.616. The highest BCUT2D eigenvalue weighted by molar-refractivity contribution is 5.67. The van der Waals surface area contributed by atoms with Crippen LogP contribution in [0.25, 0.3) is 0 Å². The molecule has 14 heavy (non-hydrogen) atoms. The molecule has 0 fully saturated rings. The molecule has 0 aliphatic rings. The first-order valence-corrected chi connectivity index (χ1v) is 4.22. The Morgan fingerprint density at radius 2 is 2.07 bits per heavy atom. The van der Waals surface area contributed by atoms with E-state index in [1.165, 1.54) is 0 Å². The van der Waals surface area contributed by atoms with Crippen molar-refractivity contribution >= 4 is 5.97 Å². The number of carboxylic acid groups (broad SMARTS) is 1. The van der Waals surface area contributed by atoms with Gasteiger partial charge in [-0.3, -0.25) is 4.79 Å². The third kappa shape index (κ3) is 3.89. The van der Waals surface area contributed by atoms with Crippen LogP contribution in [-0.2, 0) is 4.79 Å². The van der Waals surface area contributed by atoms with Crippen LogP contribution in [-0.4, -0.2) is 23.9 Å². The summed E-state index contributed by atoms with van der Waals surface area (Å²) in [7, 11) is 0. The number of para-hydroxylation sites is 1. The monoisotopic (exact) mass is 198 g/mol. The highest BCUT2D eigenvalue weighted by Crippen LogP contribution is 2.10. The number of alkyl halides is 1. The Labute approximate surface area is 81.1 Å². The lowest BCUT2D eigenvalue weighted by molar-refractivity contribution is -0.138. The smallest absolute Gasteiger partial charge is 0.306 e. The fourth-order valence-corrected chi connectivity index (χ4v) is 0.952. The lowest BCUT2D eigenvalue weighted by Crippen LogP contribution is -2.16. The topological polar surface area (TPSA) is 46.5 Å². The van der Waals surface area contributed by atoms with Crippen molar-refractivity contribution in [1.82, 2.24) is 0 Å². The molecule has 0 aliphatic carbocycles. The van der Waals surface area contributed by atoms with E-state index in [4.69, 9.17) is 9.84 Å². The first kappa shape index (κ1) is 10.5. The molecule has 0 spiro atoms. The van der Waals surface area contributed by atoms with Crippen LogP contribution in [0.15, 0.2) is 30.3 Å². The number of carbonyl (C=O) groups is 1. The maximum Gasteiger partial charge on any atom is 0.306 e. The van der Waals surface area contributed by atoms with E-state index >= 15 is 0 Å². The average Bonchev–Trinajstić information content (AvgIpc) is 2.15. The minimum atomic E-state index is -1.47. The standard InChI is InChI=1S/C10H11FO3/c11-8(6-10(12)13)7-14-9-4-2-1-3-5-9/h1-5,8H,6-7H2,(H,12,13). The summed E-state index contributed by atoms with van der Waals surface area (Å²) in [6.45, 7) is -0.226. The van der Waals surface area contributed by atoms with Crippen molar-refractivity contribution in [2.45, 2.75) is 12.6 Å². The largest absolute Gasteiger partial charge is 0.491 e. The van der Waals surface area contributed by atoms with Gasteiger partial charge in [-0.05, 0) is 12.1 Å². The summed E-state index contributed by atoms with van der Waals surface area (Å²) in [6, 6.07) is 8.72. The molecule has 3 nitrogen and oxygen atoms in total. The van der Waals surface area contributed by atoms with Crippen LogP contribution in [0.2, 0.25) is 0 Å². The second-order valence-corrected chi connectivity index (χ2v) is 2.82. The van der Waals surface area contributed by atoms with Crippen LogP contribution >= 0.6 is 0 Å². The zero-order valence-electron chi connectivity index (χ0n) is 7.52. The van der Waals surface area contributed by atoms with E-state index in [2.05, 4.69) is 0 Å². The lowest BCUT2D eigenvalue weighted by atomic mass is 10.3. The fraction of sp³-hybridized carbons (Fsp3) is 0.300. The number of hydrogen-bond donors (Lipinski definition) is 1. The molecule has 0 aliphatic heterocycles. The molecule has 0 amide bonds. The maximum atomic E-state index is 12.8. The summed E-state index contributed by atoms with van der Waals surface area (Å²) in [4.78, 5) is 10.1. The Morgan fingerprint density at radius 3 is 2.64 bits per heavy atom. The van der Waals surface area contributed by atoms with Gasteiger partial charge in [0.15, 0.2) is 0 Å². The number of ether oxygens (including phenoxy) is 1. The van der Waals surface area contributed by atoms with Gasteiger partial charge in [0, 0.05) is 0 Å². The van der Waals surface area contributed by atoms with Crippen LogP contribution in [0.1, 0.15) is 6.42 Å². The highest BCUT2D eigenvalue weighted by Gasteiger charge is 2.11. The molecular weight excluding hydrogens is 187 g/mol. The molecule has 0 radical (unpaired) electrons. The molecule has 0 saturated heterocycles. The molecule has 1 N–H and O–H groups in total. The quantitative estimate of drug-likeness (QED) is 0.785. The molecule has 4 heteroatoms. The Balaban J connectivity index is 2.30. The number of carboxylic acids is 1. The van der Waals surface area contributed by atoms with Gasteiger partial charge in [-0.15, -0.1) is 0 Å². The van der Waals surface area contributed by atoms with Crippen LogP contribution in [0.5, 0.6) is 5.75 Å². The number of rotatable bonds is 5. The summed E-state index contributed by atoms with van der Waals surface area (Å²) >= 11 is 0. The molecule has 76 valence electrons. The van der Waals surface area contributed by atoms with Crippen molar-refractivity contribution in [3.05, 3.63) is 30.3 Å². The molecule has 0 bridgehead atoms. The van der Waals surface area contributed by atoms with Gasteiger partial charge >= 0.3 is 5.97 Å². The molecule has 1 aromatic carbocycles. The molecule has 1 unspecified atom stereocenters. The Bertz CT molecular complexity index is 287. The van der Waals surface area contributed by atoms with Crippen LogP contribution < -0.4 is 4.74 Å². The average molecular weight is 198 g/mol. The minimum Gasteiger partial charge on any atom is -0.491 e.